The van der Waals surface area contributed by atoms with Crippen molar-refractivity contribution in [3.8, 4) is 5.75 Å². The van der Waals surface area contributed by atoms with Crippen LogP contribution in [0.5, 0.6) is 5.75 Å². The predicted octanol–water partition coefficient (Wildman–Crippen LogP) is 2.11. The fourth-order valence-electron chi connectivity index (χ4n) is 5.03. The number of anilines is 1. The number of likely N-dealkylation sites (tertiary alicyclic amines) is 1. The quantitative estimate of drug-likeness (QED) is 0.565. The number of nitrogens with zero attached hydrogens (tertiary/aromatic N) is 2. The SMILES string of the molecule is Cc1cc2c(cc1S(=O)(=O)N1CCC[C@H](C(=O)NCCCN3CCCCCC3)C1)OCC(=O)N2. The van der Waals surface area contributed by atoms with Crippen molar-refractivity contribution in [2.45, 2.75) is 56.8 Å². The standard InChI is InChI=1S/C24H36N4O5S/c1-18-14-20-21(33-17-23(29)26-20)15-22(18)34(31,32)28-13-6-8-19(16-28)24(30)25-9-7-12-27-10-4-2-3-5-11-27/h14-15,19H,2-13,16-17H2,1H3,(H,25,30)(H,26,29)/t19-/m0/s1. The molecular weight excluding hydrogens is 456 g/mol. The van der Waals surface area contributed by atoms with Crippen LogP contribution in [0.25, 0.3) is 0 Å². The van der Waals surface area contributed by atoms with E-state index in [2.05, 4.69) is 15.5 Å². The monoisotopic (exact) mass is 492 g/mol. The van der Waals surface area contributed by atoms with Gasteiger partial charge >= 0.3 is 0 Å². The normalized spacial score (nSPS) is 22.3. The Kier molecular flexibility index (Phi) is 8.10. The minimum atomic E-state index is -3.80. The number of benzene rings is 1. The summed E-state index contributed by atoms with van der Waals surface area (Å²) in [7, 11) is -3.80. The van der Waals surface area contributed by atoms with Crippen molar-refractivity contribution in [2.75, 3.05) is 51.2 Å². The van der Waals surface area contributed by atoms with Crippen molar-refractivity contribution in [1.82, 2.24) is 14.5 Å². The zero-order valence-corrected chi connectivity index (χ0v) is 20.8. The van der Waals surface area contributed by atoms with Crippen LogP contribution in [0.15, 0.2) is 17.0 Å². The van der Waals surface area contributed by atoms with E-state index in [1.807, 2.05) is 0 Å². The molecule has 2 amide bonds. The average Bonchev–Trinajstić information content (AvgIpc) is 3.10. The second-order valence-electron chi connectivity index (χ2n) is 9.55. The first-order valence-corrected chi connectivity index (χ1v) is 13.9. The number of piperidine rings is 1. The maximum atomic E-state index is 13.4. The lowest BCUT2D eigenvalue weighted by Crippen LogP contribution is -2.45. The zero-order valence-electron chi connectivity index (χ0n) is 20.0. The molecule has 0 spiro atoms. The van der Waals surface area contributed by atoms with Crippen LogP contribution in [0.1, 0.15) is 50.5 Å². The van der Waals surface area contributed by atoms with Crippen molar-refractivity contribution in [3.63, 3.8) is 0 Å². The van der Waals surface area contributed by atoms with E-state index in [-0.39, 0.29) is 35.8 Å². The Balaban J connectivity index is 1.33. The minimum Gasteiger partial charge on any atom is -0.482 e. The maximum absolute atomic E-state index is 13.4. The van der Waals surface area contributed by atoms with Gasteiger partial charge in [0.05, 0.1) is 16.5 Å². The molecule has 3 aliphatic heterocycles. The van der Waals surface area contributed by atoms with Crippen molar-refractivity contribution in [1.29, 1.82) is 0 Å². The highest BCUT2D eigenvalue weighted by molar-refractivity contribution is 7.89. The number of sulfonamides is 1. The fraction of sp³-hybridized carbons (Fsp3) is 0.667. The number of carbonyl (C=O) groups is 2. The van der Waals surface area contributed by atoms with Gasteiger partial charge < -0.3 is 20.3 Å². The smallest absolute Gasteiger partial charge is 0.262 e. The van der Waals surface area contributed by atoms with Crippen LogP contribution in [0.3, 0.4) is 0 Å². The van der Waals surface area contributed by atoms with E-state index in [9.17, 15) is 18.0 Å². The molecule has 0 bridgehead atoms. The molecule has 3 heterocycles. The highest BCUT2D eigenvalue weighted by Gasteiger charge is 2.35. The zero-order chi connectivity index (χ0) is 24.1. The second-order valence-corrected chi connectivity index (χ2v) is 11.5. The van der Waals surface area contributed by atoms with Gasteiger partial charge in [0.2, 0.25) is 15.9 Å². The van der Waals surface area contributed by atoms with Gasteiger partial charge in [0.25, 0.3) is 5.91 Å². The molecule has 2 saturated heterocycles. The third-order valence-corrected chi connectivity index (χ3v) is 8.94. The number of nitrogens with one attached hydrogen (secondary N) is 2. The molecule has 0 aromatic heterocycles. The Morgan fingerprint density at radius 2 is 1.91 bits per heavy atom. The summed E-state index contributed by atoms with van der Waals surface area (Å²) < 4.78 is 33.7. The van der Waals surface area contributed by atoms with Crippen molar-refractivity contribution in [2.24, 2.45) is 5.92 Å². The molecule has 0 aliphatic carbocycles. The van der Waals surface area contributed by atoms with Crippen molar-refractivity contribution >= 4 is 27.5 Å². The lowest BCUT2D eigenvalue weighted by Gasteiger charge is -2.32. The summed E-state index contributed by atoms with van der Waals surface area (Å²) in [6.45, 7) is 6.01. The van der Waals surface area contributed by atoms with Crippen LogP contribution in [0.4, 0.5) is 5.69 Å². The number of carbonyl (C=O) groups excluding carboxylic acids is 2. The molecule has 0 saturated carbocycles. The maximum Gasteiger partial charge on any atom is 0.262 e. The fourth-order valence-corrected chi connectivity index (χ4v) is 6.77. The summed E-state index contributed by atoms with van der Waals surface area (Å²) in [6.07, 6.45) is 7.35. The molecule has 10 heteroatoms. The molecule has 3 aliphatic rings. The summed E-state index contributed by atoms with van der Waals surface area (Å²) in [4.78, 5) is 27.0. The van der Waals surface area contributed by atoms with Crippen LogP contribution < -0.4 is 15.4 Å². The van der Waals surface area contributed by atoms with Gasteiger partial charge in [-0.2, -0.15) is 4.31 Å². The van der Waals surface area contributed by atoms with E-state index < -0.39 is 10.0 Å². The van der Waals surface area contributed by atoms with Crippen molar-refractivity contribution in [3.05, 3.63) is 17.7 Å². The van der Waals surface area contributed by atoms with Crippen LogP contribution in [-0.4, -0.2) is 75.3 Å². The highest BCUT2D eigenvalue weighted by atomic mass is 32.2. The lowest BCUT2D eigenvalue weighted by molar-refractivity contribution is -0.126. The lowest BCUT2D eigenvalue weighted by atomic mass is 9.99. The first-order valence-electron chi connectivity index (χ1n) is 12.4. The van der Waals surface area contributed by atoms with E-state index in [1.165, 1.54) is 36.1 Å². The summed E-state index contributed by atoms with van der Waals surface area (Å²) in [6, 6.07) is 3.10. The van der Waals surface area contributed by atoms with Crippen LogP contribution in [0, 0.1) is 12.8 Å². The van der Waals surface area contributed by atoms with Gasteiger partial charge in [0.1, 0.15) is 5.75 Å². The number of fused-ring (bicyclic) bond motifs is 1. The van der Waals surface area contributed by atoms with E-state index in [1.54, 1.807) is 13.0 Å². The molecule has 4 rings (SSSR count). The van der Waals surface area contributed by atoms with E-state index in [0.29, 0.717) is 42.9 Å². The first kappa shape index (κ1) is 24.9. The second kappa shape index (κ2) is 11.0. The number of aryl methyl sites for hydroxylation is 1. The molecule has 188 valence electrons. The Labute approximate surface area is 202 Å². The number of amides is 2. The molecule has 1 aromatic rings. The molecule has 1 aromatic carbocycles. The van der Waals surface area contributed by atoms with Gasteiger partial charge in [-0.3, -0.25) is 9.59 Å². The Morgan fingerprint density at radius 3 is 2.68 bits per heavy atom. The van der Waals surface area contributed by atoms with Gasteiger partial charge in [0, 0.05) is 25.7 Å². The van der Waals surface area contributed by atoms with Gasteiger partial charge in [0.15, 0.2) is 6.61 Å². The molecular formula is C24H36N4O5S. The molecule has 2 N–H and O–H groups in total. The Hall–Kier alpha value is -2.17. The van der Waals surface area contributed by atoms with Gasteiger partial charge in [-0.15, -0.1) is 0 Å². The molecule has 0 unspecified atom stereocenters. The Bertz CT molecular complexity index is 1000. The average molecular weight is 493 g/mol. The number of hydrogen-bond donors (Lipinski definition) is 2. The molecule has 34 heavy (non-hydrogen) atoms. The van der Waals surface area contributed by atoms with Crippen LogP contribution in [-0.2, 0) is 19.6 Å². The number of ether oxygens (including phenoxy) is 1. The third kappa shape index (κ3) is 5.90. The summed E-state index contributed by atoms with van der Waals surface area (Å²) >= 11 is 0. The van der Waals surface area contributed by atoms with Crippen LogP contribution in [0.2, 0.25) is 0 Å². The van der Waals surface area contributed by atoms with Crippen LogP contribution >= 0.6 is 0 Å². The van der Waals surface area contributed by atoms with Gasteiger partial charge in [-0.05, 0) is 70.3 Å². The minimum absolute atomic E-state index is 0.0658. The summed E-state index contributed by atoms with van der Waals surface area (Å²) in [5, 5.41) is 5.73. The predicted molar refractivity (Wildman–Crippen MR) is 129 cm³/mol. The molecule has 2 fully saturated rings. The highest BCUT2D eigenvalue weighted by Crippen LogP contribution is 2.35. The number of hydrogen-bond acceptors (Lipinski definition) is 6. The molecule has 1 atom stereocenters. The molecule has 0 radical (unpaired) electrons. The largest absolute Gasteiger partial charge is 0.482 e. The van der Waals surface area contributed by atoms with E-state index in [0.717, 1.165) is 26.1 Å². The summed E-state index contributed by atoms with van der Waals surface area (Å²) in [5.74, 6) is -0.336. The van der Waals surface area contributed by atoms with E-state index >= 15 is 0 Å². The first-order chi connectivity index (χ1) is 16.3. The van der Waals surface area contributed by atoms with Gasteiger partial charge in [-0.25, -0.2) is 8.42 Å². The van der Waals surface area contributed by atoms with E-state index in [4.69, 9.17) is 4.74 Å². The topological polar surface area (TPSA) is 108 Å². The van der Waals surface area contributed by atoms with Crippen molar-refractivity contribution < 1.29 is 22.7 Å². The van der Waals surface area contributed by atoms with Gasteiger partial charge in [-0.1, -0.05) is 12.8 Å². The Morgan fingerprint density at radius 1 is 1.15 bits per heavy atom. The molecule has 9 nitrogen and oxygen atoms in total. The third-order valence-electron chi connectivity index (χ3n) is 6.93. The summed E-state index contributed by atoms with van der Waals surface area (Å²) in [5.41, 5.74) is 1.01. The number of rotatable bonds is 7.